The summed E-state index contributed by atoms with van der Waals surface area (Å²) in [6, 6.07) is 13.6. The Kier molecular flexibility index (Phi) is 5.26. The minimum absolute atomic E-state index is 0.102. The molecule has 2 aromatic carbocycles. The van der Waals surface area contributed by atoms with Crippen LogP contribution >= 0.6 is 0 Å². The molecule has 3 amide bonds. The molecule has 0 radical (unpaired) electrons. The third kappa shape index (κ3) is 3.72. The number of hydrogen-bond acceptors (Lipinski definition) is 4. The molecule has 0 N–H and O–H groups in total. The van der Waals surface area contributed by atoms with E-state index in [9.17, 15) is 19.7 Å². The van der Waals surface area contributed by atoms with E-state index in [1.54, 1.807) is 29.2 Å². The molecule has 0 unspecified atom stereocenters. The number of urea groups is 1. The van der Waals surface area contributed by atoms with Crippen molar-refractivity contribution in [1.29, 1.82) is 0 Å². The van der Waals surface area contributed by atoms with Crippen molar-refractivity contribution in [3.8, 4) is 0 Å². The van der Waals surface area contributed by atoms with Crippen molar-refractivity contribution in [2.75, 3.05) is 18.0 Å². The topological polar surface area (TPSA) is 83.8 Å². The van der Waals surface area contributed by atoms with E-state index in [-0.39, 0.29) is 17.3 Å². The van der Waals surface area contributed by atoms with Crippen molar-refractivity contribution in [1.82, 2.24) is 4.90 Å². The highest BCUT2D eigenvalue weighted by atomic mass is 16.6. The summed E-state index contributed by atoms with van der Waals surface area (Å²) >= 11 is 0. The number of nitrogens with zero attached hydrogens (tertiary/aromatic N) is 3. The first-order valence-electron chi connectivity index (χ1n) is 8.51. The second-order valence-corrected chi connectivity index (χ2v) is 6.11. The molecule has 26 heavy (non-hydrogen) atoms. The maximum atomic E-state index is 13.0. The number of hydrogen-bond donors (Lipinski definition) is 0. The van der Waals surface area contributed by atoms with Crippen LogP contribution in [-0.2, 0) is 0 Å². The molecule has 0 aliphatic carbocycles. The number of imide groups is 1. The Morgan fingerprint density at radius 2 is 1.54 bits per heavy atom. The number of non-ortho nitro benzene ring substituents is 1. The molecular weight excluding hydrogens is 334 g/mol. The van der Waals surface area contributed by atoms with Crippen LogP contribution in [-0.4, -0.2) is 34.9 Å². The SMILES string of the molecule is O=C(c1ccc([N+](=O)[O-])cc1)N(C(=O)N1CCCCC1)c1ccccc1. The van der Waals surface area contributed by atoms with E-state index in [0.29, 0.717) is 18.8 Å². The van der Waals surface area contributed by atoms with Crippen molar-refractivity contribution in [3.63, 3.8) is 0 Å². The van der Waals surface area contributed by atoms with Crippen LogP contribution < -0.4 is 4.90 Å². The summed E-state index contributed by atoms with van der Waals surface area (Å²) < 4.78 is 0. The van der Waals surface area contributed by atoms with Crippen molar-refractivity contribution in [2.24, 2.45) is 0 Å². The first kappa shape index (κ1) is 17.6. The Morgan fingerprint density at radius 3 is 2.12 bits per heavy atom. The Balaban J connectivity index is 1.93. The molecule has 1 fully saturated rings. The highest BCUT2D eigenvalue weighted by Crippen LogP contribution is 2.22. The van der Waals surface area contributed by atoms with E-state index < -0.39 is 10.8 Å². The van der Waals surface area contributed by atoms with Gasteiger partial charge in [0.15, 0.2) is 0 Å². The maximum Gasteiger partial charge on any atom is 0.331 e. The number of piperidine rings is 1. The standard InChI is InChI=1S/C19H19N3O4/c23-18(15-9-11-17(12-10-15)22(25)26)21(16-7-3-1-4-8-16)19(24)20-13-5-2-6-14-20/h1,3-4,7-12H,2,5-6,13-14H2. The van der Waals surface area contributed by atoms with Gasteiger partial charge < -0.3 is 4.90 Å². The number of likely N-dealkylation sites (tertiary alicyclic amines) is 1. The third-order valence-electron chi connectivity index (χ3n) is 4.36. The molecule has 2 aromatic rings. The third-order valence-corrected chi connectivity index (χ3v) is 4.36. The lowest BCUT2D eigenvalue weighted by Crippen LogP contribution is -2.48. The predicted molar refractivity (Wildman–Crippen MR) is 97.2 cm³/mol. The first-order chi connectivity index (χ1) is 12.6. The van der Waals surface area contributed by atoms with Gasteiger partial charge in [-0.2, -0.15) is 0 Å². The van der Waals surface area contributed by atoms with E-state index in [4.69, 9.17) is 0 Å². The first-order valence-corrected chi connectivity index (χ1v) is 8.51. The van der Waals surface area contributed by atoms with E-state index in [1.165, 1.54) is 24.3 Å². The van der Waals surface area contributed by atoms with Gasteiger partial charge in [-0.15, -0.1) is 0 Å². The van der Waals surface area contributed by atoms with E-state index in [1.807, 2.05) is 6.07 Å². The molecular formula is C19H19N3O4. The second kappa shape index (κ2) is 7.77. The van der Waals surface area contributed by atoms with Crippen LogP contribution in [0.3, 0.4) is 0 Å². The smallest absolute Gasteiger partial charge is 0.324 e. The average molecular weight is 353 g/mol. The molecule has 0 spiro atoms. The van der Waals surface area contributed by atoms with Crippen molar-refractivity contribution in [3.05, 3.63) is 70.3 Å². The van der Waals surface area contributed by atoms with Crippen LogP contribution in [0.5, 0.6) is 0 Å². The molecule has 7 nitrogen and oxygen atoms in total. The molecule has 1 heterocycles. The number of para-hydroxylation sites is 1. The minimum Gasteiger partial charge on any atom is -0.324 e. The van der Waals surface area contributed by atoms with Crippen molar-refractivity contribution >= 4 is 23.3 Å². The lowest BCUT2D eigenvalue weighted by molar-refractivity contribution is -0.384. The second-order valence-electron chi connectivity index (χ2n) is 6.11. The largest absolute Gasteiger partial charge is 0.331 e. The zero-order valence-corrected chi connectivity index (χ0v) is 14.2. The summed E-state index contributed by atoms with van der Waals surface area (Å²) in [6.45, 7) is 1.24. The number of rotatable bonds is 3. The number of carbonyl (C=O) groups is 2. The molecule has 7 heteroatoms. The molecule has 1 aliphatic heterocycles. The van der Waals surface area contributed by atoms with Crippen LogP contribution in [0.1, 0.15) is 29.6 Å². The fraction of sp³-hybridized carbons (Fsp3) is 0.263. The summed E-state index contributed by atoms with van der Waals surface area (Å²) in [4.78, 5) is 39.1. The van der Waals surface area contributed by atoms with Crippen LogP contribution in [0.4, 0.5) is 16.2 Å². The highest BCUT2D eigenvalue weighted by molar-refractivity contribution is 6.20. The zero-order chi connectivity index (χ0) is 18.5. The fourth-order valence-electron chi connectivity index (χ4n) is 2.97. The summed E-state index contributed by atoms with van der Waals surface area (Å²) in [5.41, 5.74) is 0.603. The van der Waals surface area contributed by atoms with E-state index >= 15 is 0 Å². The van der Waals surface area contributed by atoms with Gasteiger partial charge >= 0.3 is 6.03 Å². The Bertz CT molecular complexity index is 799. The number of anilines is 1. The van der Waals surface area contributed by atoms with Crippen LogP contribution in [0.25, 0.3) is 0 Å². The number of benzene rings is 2. The summed E-state index contributed by atoms with van der Waals surface area (Å²) in [5.74, 6) is -0.498. The number of nitro groups is 1. The van der Waals surface area contributed by atoms with E-state index in [0.717, 1.165) is 24.2 Å². The molecule has 0 saturated carbocycles. The predicted octanol–water partition coefficient (Wildman–Crippen LogP) is 3.85. The van der Waals surface area contributed by atoms with Crippen molar-refractivity contribution < 1.29 is 14.5 Å². The monoisotopic (exact) mass is 353 g/mol. The van der Waals surface area contributed by atoms with Crippen LogP contribution in [0.2, 0.25) is 0 Å². The lowest BCUT2D eigenvalue weighted by Gasteiger charge is -2.32. The van der Waals surface area contributed by atoms with Crippen molar-refractivity contribution in [2.45, 2.75) is 19.3 Å². The van der Waals surface area contributed by atoms with Gasteiger partial charge in [0.25, 0.3) is 11.6 Å². The molecule has 0 aromatic heterocycles. The Morgan fingerprint density at radius 1 is 0.923 bits per heavy atom. The van der Waals surface area contributed by atoms with Gasteiger partial charge in [0.2, 0.25) is 0 Å². The van der Waals surface area contributed by atoms with Gasteiger partial charge in [0.05, 0.1) is 10.6 Å². The molecule has 3 rings (SSSR count). The molecule has 1 saturated heterocycles. The van der Waals surface area contributed by atoms with Gasteiger partial charge in [-0.3, -0.25) is 14.9 Å². The summed E-state index contributed by atoms with van der Waals surface area (Å²) in [6.07, 6.45) is 2.91. The number of nitro benzene ring substituents is 1. The Hall–Kier alpha value is -3.22. The minimum atomic E-state index is -0.526. The zero-order valence-electron chi connectivity index (χ0n) is 14.2. The van der Waals surface area contributed by atoms with E-state index in [2.05, 4.69) is 0 Å². The molecule has 1 aliphatic rings. The van der Waals surface area contributed by atoms with Gasteiger partial charge in [-0.1, -0.05) is 18.2 Å². The van der Waals surface area contributed by atoms with Gasteiger partial charge in [0.1, 0.15) is 0 Å². The normalized spacial score (nSPS) is 13.9. The molecule has 0 atom stereocenters. The summed E-state index contributed by atoms with van der Waals surface area (Å²) in [7, 11) is 0. The van der Waals surface area contributed by atoms with Gasteiger partial charge in [0, 0.05) is 30.8 Å². The average Bonchev–Trinajstić information content (AvgIpc) is 2.69. The Labute approximate surface area is 151 Å². The number of amides is 3. The van der Waals surface area contributed by atoms with Crippen LogP contribution in [0.15, 0.2) is 54.6 Å². The maximum absolute atomic E-state index is 13.0. The fourth-order valence-corrected chi connectivity index (χ4v) is 2.97. The number of carbonyl (C=O) groups excluding carboxylic acids is 2. The van der Waals surface area contributed by atoms with Gasteiger partial charge in [-0.05, 0) is 43.5 Å². The summed E-state index contributed by atoms with van der Waals surface area (Å²) in [5, 5.41) is 10.8. The quantitative estimate of drug-likeness (QED) is 0.620. The molecule has 134 valence electrons. The van der Waals surface area contributed by atoms with Gasteiger partial charge in [-0.25, -0.2) is 9.69 Å². The lowest BCUT2D eigenvalue weighted by atomic mass is 10.1. The van der Waals surface area contributed by atoms with Crippen LogP contribution in [0, 0.1) is 10.1 Å². The highest BCUT2D eigenvalue weighted by Gasteiger charge is 2.29. The molecule has 0 bridgehead atoms.